The number of hydrogen-bond donors (Lipinski definition) is 0. The summed E-state index contributed by atoms with van der Waals surface area (Å²) >= 11 is 0. The van der Waals surface area contributed by atoms with E-state index < -0.39 is 5.97 Å². The van der Waals surface area contributed by atoms with Gasteiger partial charge in [-0.1, -0.05) is 19.3 Å². The second-order valence-corrected chi connectivity index (χ2v) is 3.44. The fourth-order valence-electron chi connectivity index (χ4n) is 1.16. The fraction of sp³-hybridized carbons (Fsp3) is 0.500. The summed E-state index contributed by atoms with van der Waals surface area (Å²) < 4.78 is 4.44. The maximum atomic E-state index is 9.02. The van der Waals surface area contributed by atoms with Gasteiger partial charge in [-0.15, -0.1) is 6.42 Å². The number of imidazole rings is 1. The van der Waals surface area contributed by atoms with E-state index in [9.17, 15) is 0 Å². The van der Waals surface area contributed by atoms with E-state index in [0.29, 0.717) is 0 Å². The maximum absolute atomic E-state index is 9.02. The molecule has 0 N–H and O–H groups in total. The lowest BCUT2D eigenvalue weighted by Crippen LogP contribution is -2.29. The molecule has 0 aliphatic rings. The van der Waals surface area contributed by atoms with Crippen molar-refractivity contribution in [3.8, 4) is 12.3 Å². The Labute approximate surface area is 96.5 Å². The number of carboxylic acid groups (broad SMARTS) is 1. The summed E-state index contributed by atoms with van der Waals surface area (Å²) in [6.07, 6.45) is 11.0. The Hall–Kier alpha value is -1.76. The maximum Gasteiger partial charge on any atom is 0.253 e. The van der Waals surface area contributed by atoms with Gasteiger partial charge in [0.05, 0.1) is 13.6 Å². The predicted octanol–water partition coefficient (Wildman–Crippen LogP) is -0.209. The monoisotopic (exact) mass is 222 g/mol. The molecule has 1 aromatic rings. The van der Waals surface area contributed by atoms with Gasteiger partial charge in [0.1, 0.15) is 18.4 Å². The summed E-state index contributed by atoms with van der Waals surface area (Å²) in [5.74, 6) is 1.20. The Kier molecular flexibility index (Phi) is 6.69. The minimum absolute atomic E-state index is 1.16. The van der Waals surface area contributed by atoms with E-state index in [0.717, 1.165) is 6.54 Å². The van der Waals surface area contributed by atoms with E-state index in [1.807, 2.05) is 0 Å². The molecule has 0 fully saturated rings. The predicted molar refractivity (Wildman–Crippen MR) is 59.1 cm³/mol. The summed E-state index contributed by atoms with van der Waals surface area (Å²) in [5, 5.41) is 9.02. The zero-order valence-corrected chi connectivity index (χ0v) is 10.1. The number of carboxylic acids is 1. The number of aliphatic carboxylic acids is 1. The summed E-state index contributed by atoms with van der Waals surface area (Å²) in [7, 11) is 2.08. The number of nitrogens with zero attached hydrogens (tertiary/aromatic N) is 2. The van der Waals surface area contributed by atoms with Crippen LogP contribution >= 0.6 is 0 Å². The lowest BCUT2D eigenvalue weighted by atomic mass is 10.3. The molecule has 0 amide bonds. The van der Waals surface area contributed by atoms with Gasteiger partial charge in [0.2, 0.25) is 0 Å². The van der Waals surface area contributed by atoms with Crippen molar-refractivity contribution in [2.24, 2.45) is 7.05 Å². The fourth-order valence-corrected chi connectivity index (χ4v) is 1.16. The molecule has 0 bridgehead atoms. The van der Waals surface area contributed by atoms with E-state index in [1.165, 1.54) is 24.6 Å². The molecular weight excluding hydrogens is 204 g/mol. The second-order valence-electron chi connectivity index (χ2n) is 3.44. The highest BCUT2D eigenvalue weighted by atomic mass is 16.4. The van der Waals surface area contributed by atoms with Gasteiger partial charge >= 0.3 is 0 Å². The third-order valence-electron chi connectivity index (χ3n) is 2.27. The van der Waals surface area contributed by atoms with Crippen LogP contribution in [0.4, 0.5) is 0 Å². The number of terminal acetylenes is 1. The topological polar surface area (TPSA) is 48.9 Å². The van der Waals surface area contributed by atoms with Crippen LogP contribution in [0.2, 0.25) is 0 Å². The van der Waals surface area contributed by atoms with E-state index >= 15 is 0 Å². The van der Waals surface area contributed by atoms with Gasteiger partial charge in [-0.25, -0.2) is 9.13 Å². The van der Waals surface area contributed by atoms with Crippen molar-refractivity contribution in [2.75, 3.05) is 0 Å². The summed E-state index contributed by atoms with van der Waals surface area (Å²) in [4.78, 5) is 9.02. The van der Waals surface area contributed by atoms with Crippen LogP contribution < -0.4 is 9.67 Å². The van der Waals surface area contributed by atoms with Crippen molar-refractivity contribution in [3.05, 3.63) is 18.2 Å². The molecule has 1 aromatic heterocycles. The molecule has 0 aromatic carbocycles. The van der Waals surface area contributed by atoms with Crippen LogP contribution in [-0.4, -0.2) is 10.5 Å². The Morgan fingerprint density at radius 1 is 1.69 bits per heavy atom. The van der Waals surface area contributed by atoms with Crippen LogP contribution in [0.3, 0.4) is 0 Å². The highest BCUT2D eigenvalue weighted by Gasteiger charge is 2.06. The van der Waals surface area contributed by atoms with E-state index in [2.05, 4.69) is 48.8 Å². The first-order valence-electron chi connectivity index (χ1n) is 5.21. The highest BCUT2D eigenvalue weighted by molar-refractivity contribution is 5.83. The van der Waals surface area contributed by atoms with Crippen LogP contribution in [0.15, 0.2) is 12.4 Å². The van der Waals surface area contributed by atoms with Gasteiger partial charge < -0.3 is 9.90 Å². The normalized spacial score (nSPS) is 8.88. The van der Waals surface area contributed by atoms with Gasteiger partial charge in [-0.2, -0.15) is 0 Å². The first-order valence-corrected chi connectivity index (χ1v) is 5.21. The average Bonchev–Trinajstić information content (AvgIpc) is 2.58. The van der Waals surface area contributed by atoms with Crippen LogP contribution in [-0.2, 0) is 18.4 Å². The molecule has 4 heteroatoms. The van der Waals surface area contributed by atoms with Gasteiger partial charge in [-0.3, -0.25) is 0 Å². The molecule has 0 spiro atoms. The van der Waals surface area contributed by atoms with Crippen molar-refractivity contribution >= 4 is 5.97 Å². The molecule has 1 rings (SSSR count). The minimum atomic E-state index is -1.47. The molecule has 4 nitrogen and oxygen atoms in total. The summed E-state index contributed by atoms with van der Waals surface area (Å²) in [6, 6.07) is 0. The van der Waals surface area contributed by atoms with Crippen molar-refractivity contribution in [1.29, 1.82) is 0 Å². The Morgan fingerprint density at radius 3 is 2.56 bits per heavy atom. The van der Waals surface area contributed by atoms with Crippen LogP contribution in [0, 0.1) is 19.3 Å². The Morgan fingerprint density at radius 2 is 2.25 bits per heavy atom. The molecular formula is C12H18N2O2. The Balaban J connectivity index is 0.000000385. The van der Waals surface area contributed by atoms with Crippen molar-refractivity contribution < 1.29 is 14.5 Å². The van der Waals surface area contributed by atoms with Gasteiger partial charge in [0, 0.05) is 6.92 Å². The number of carbonyl (C=O) groups excluding carboxylic acids is 1. The number of aromatic nitrogens is 2. The number of hydrogen-bond acceptors (Lipinski definition) is 2. The van der Waals surface area contributed by atoms with Crippen LogP contribution in [0.1, 0.15) is 25.6 Å². The SMILES string of the molecule is C#CC(=O)[O-].CCCCn1cc[n+](C)c1C. The second kappa shape index (κ2) is 7.52. The van der Waals surface area contributed by atoms with Gasteiger partial charge in [0.15, 0.2) is 0 Å². The molecule has 1 heterocycles. The number of aryl methyl sites for hydroxylation is 2. The van der Waals surface area contributed by atoms with E-state index in [-0.39, 0.29) is 0 Å². The number of rotatable bonds is 3. The summed E-state index contributed by atoms with van der Waals surface area (Å²) in [5.41, 5.74) is 0. The molecule has 0 saturated carbocycles. The smallest absolute Gasteiger partial charge is 0.253 e. The molecule has 0 unspecified atom stereocenters. The minimum Gasteiger partial charge on any atom is -0.537 e. The Bertz CT molecular complexity index is 375. The van der Waals surface area contributed by atoms with Crippen molar-refractivity contribution in [1.82, 2.24) is 4.57 Å². The lowest BCUT2D eigenvalue weighted by molar-refractivity contribution is -0.677. The summed E-state index contributed by atoms with van der Waals surface area (Å²) in [6.45, 7) is 5.53. The zero-order valence-electron chi connectivity index (χ0n) is 10.1. The molecule has 0 saturated heterocycles. The van der Waals surface area contributed by atoms with Crippen molar-refractivity contribution in [2.45, 2.75) is 33.2 Å². The van der Waals surface area contributed by atoms with Gasteiger partial charge in [0.25, 0.3) is 5.82 Å². The van der Waals surface area contributed by atoms with Crippen molar-refractivity contribution in [3.63, 3.8) is 0 Å². The van der Waals surface area contributed by atoms with Crippen LogP contribution in [0.25, 0.3) is 0 Å². The third-order valence-corrected chi connectivity index (χ3v) is 2.27. The zero-order chi connectivity index (χ0) is 12.6. The molecule has 0 atom stereocenters. The molecule has 16 heavy (non-hydrogen) atoms. The quantitative estimate of drug-likeness (QED) is 0.525. The van der Waals surface area contributed by atoms with E-state index in [1.54, 1.807) is 0 Å². The molecule has 88 valence electrons. The third kappa shape index (κ3) is 5.20. The van der Waals surface area contributed by atoms with Crippen LogP contribution in [0.5, 0.6) is 0 Å². The first kappa shape index (κ1) is 14.2. The van der Waals surface area contributed by atoms with Gasteiger partial charge in [-0.05, 0) is 6.42 Å². The lowest BCUT2D eigenvalue weighted by Gasteiger charge is -1.95. The van der Waals surface area contributed by atoms with E-state index in [4.69, 9.17) is 9.90 Å². The largest absolute Gasteiger partial charge is 0.537 e. The molecule has 0 aliphatic heterocycles. The highest BCUT2D eigenvalue weighted by Crippen LogP contribution is 1.96. The number of carbonyl (C=O) groups is 1. The molecule has 0 radical (unpaired) electrons. The number of unbranched alkanes of at least 4 members (excludes halogenated alkanes) is 1. The first-order chi connectivity index (χ1) is 7.52. The average molecular weight is 222 g/mol. The molecule has 0 aliphatic carbocycles. The standard InChI is InChI=1S/C9H17N2.C3H2O2/c1-4-5-6-11-8-7-10(3)9(11)2;1-2-3(4)5/h7-8H,4-6H2,1-3H3;1H,(H,4,5)/q+1;/p-1.